The summed E-state index contributed by atoms with van der Waals surface area (Å²) >= 11 is 0. The molecule has 0 saturated carbocycles. The number of aryl methyl sites for hydroxylation is 1. The Bertz CT molecular complexity index is 758. The number of benzene rings is 1. The van der Waals surface area contributed by atoms with E-state index in [9.17, 15) is 4.79 Å². The van der Waals surface area contributed by atoms with Crippen molar-refractivity contribution in [3.05, 3.63) is 47.7 Å². The van der Waals surface area contributed by atoms with Gasteiger partial charge in [-0.1, -0.05) is 6.07 Å². The van der Waals surface area contributed by atoms with Gasteiger partial charge in [0.25, 0.3) is 5.91 Å². The summed E-state index contributed by atoms with van der Waals surface area (Å²) in [7, 11) is 1.75. The van der Waals surface area contributed by atoms with Gasteiger partial charge in [0.1, 0.15) is 5.82 Å². The zero-order valence-electron chi connectivity index (χ0n) is 11.3. The van der Waals surface area contributed by atoms with Crippen LogP contribution in [0.3, 0.4) is 0 Å². The van der Waals surface area contributed by atoms with E-state index in [0.29, 0.717) is 17.9 Å². The second kappa shape index (κ2) is 4.80. The Balaban J connectivity index is 1.86. The van der Waals surface area contributed by atoms with Crippen LogP contribution in [0, 0.1) is 6.92 Å². The number of carbonyl (C=O) groups excluding carboxylic acids is 1. The maximum Gasteiger partial charge on any atom is 0.254 e. The lowest BCUT2D eigenvalue weighted by Crippen LogP contribution is -2.26. The maximum atomic E-state index is 12.5. The molecule has 3 aromatic rings. The number of H-pyrrole nitrogens is 2. The molecule has 0 aliphatic heterocycles. The highest BCUT2D eigenvalue weighted by Crippen LogP contribution is 2.19. The quantitative estimate of drug-likeness (QED) is 0.762. The van der Waals surface area contributed by atoms with Gasteiger partial charge < -0.3 is 9.88 Å². The third-order valence-electron chi connectivity index (χ3n) is 3.19. The van der Waals surface area contributed by atoms with Gasteiger partial charge in [0.2, 0.25) is 0 Å². The van der Waals surface area contributed by atoms with E-state index in [2.05, 4.69) is 20.2 Å². The fraction of sp³-hybridized carbons (Fsp3) is 0.214. The minimum atomic E-state index is -0.0438. The second-order valence-electron chi connectivity index (χ2n) is 4.74. The third kappa shape index (κ3) is 2.16. The van der Waals surface area contributed by atoms with Gasteiger partial charge >= 0.3 is 0 Å². The van der Waals surface area contributed by atoms with Crippen LogP contribution in [-0.4, -0.2) is 38.0 Å². The van der Waals surface area contributed by atoms with Crippen LogP contribution in [0.2, 0.25) is 0 Å². The second-order valence-corrected chi connectivity index (χ2v) is 4.74. The lowest BCUT2D eigenvalue weighted by Gasteiger charge is -2.15. The minimum absolute atomic E-state index is 0.0438. The summed E-state index contributed by atoms with van der Waals surface area (Å²) in [5, 5.41) is 7.75. The zero-order valence-corrected chi connectivity index (χ0v) is 11.3. The predicted molar refractivity (Wildman–Crippen MR) is 75.2 cm³/mol. The molecule has 20 heavy (non-hydrogen) atoms. The number of carbonyl (C=O) groups is 1. The first-order valence-corrected chi connectivity index (χ1v) is 6.34. The summed E-state index contributed by atoms with van der Waals surface area (Å²) in [4.78, 5) is 21.4. The molecule has 0 unspecified atom stereocenters. The van der Waals surface area contributed by atoms with Crippen molar-refractivity contribution in [2.75, 3.05) is 7.05 Å². The SMILES string of the molecule is Cc1nc(CN(C)C(=O)c2cccc3[nH]ccc23)n[nH]1. The number of nitrogens with one attached hydrogen (secondary N) is 2. The van der Waals surface area contributed by atoms with Crippen LogP contribution in [0.15, 0.2) is 30.5 Å². The lowest BCUT2D eigenvalue weighted by molar-refractivity contribution is 0.0783. The molecule has 3 rings (SSSR count). The summed E-state index contributed by atoms with van der Waals surface area (Å²) in [6, 6.07) is 7.56. The highest BCUT2D eigenvalue weighted by molar-refractivity contribution is 6.06. The normalized spacial score (nSPS) is 10.9. The fourth-order valence-corrected chi connectivity index (χ4v) is 2.22. The number of hydrogen-bond acceptors (Lipinski definition) is 3. The number of nitrogens with zero attached hydrogens (tertiary/aromatic N) is 3. The molecule has 0 atom stereocenters. The first kappa shape index (κ1) is 12.4. The average molecular weight is 269 g/mol. The van der Waals surface area contributed by atoms with E-state index in [0.717, 1.165) is 16.7 Å². The third-order valence-corrected chi connectivity index (χ3v) is 3.19. The summed E-state index contributed by atoms with van der Waals surface area (Å²) in [6.45, 7) is 2.21. The minimum Gasteiger partial charge on any atom is -0.361 e. The van der Waals surface area contributed by atoms with Crippen LogP contribution < -0.4 is 0 Å². The van der Waals surface area contributed by atoms with Crippen molar-refractivity contribution in [3.8, 4) is 0 Å². The van der Waals surface area contributed by atoms with Crippen LogP contribution in [0.1, 0.15) is 22.0 Å². The Kier molecular flexibility index (Phi) is 2.98. The highest BCUT2D eigenvalue weighted by Gasteiger charge is 2.16. The molecule has 0 aliphatic carbocycles. The first-order chi connectivity index (χ1) is 9.65. The van der Waals surface area contributed by atoms with Crippen LogP contribution >= 0.6 is 0 Å². The number of rotatable bonds is 3. The molecule has 1 amide bonds. The molecule has 1 aromatic carbocycles. The summed E-state index contributed by atoms with van der Waals surface area (Å²) in [5.74, 6) is 1.31. The topological polar surface area (TPSA) is 77.7 Å². The average Bonchev–Trinajstić information content (AvgIpc) is 3.06. The van der Waals surface area contributed by atoms with Gasteiger partial charge in [-0.3, -0.25) is 9.89 Å². The van der Waals surface area contributed by atoms with Gasteiger partial charge in [0, 0.05) is 29.7 Å². The van der Waals surface area contributed by atoms with Crippen molar-refractivity contribution in [3.63, 3.8) is 0 Å². The number of hydrogen-bond donors (Lipinski definition) is 2. The smallest absolute Gasteiger partial charge is 0.254 e. The van der Waals surface area contributed by atoms with Crippen LogP contribution in [0.25, 0.3) is 10.9 Å². The molecule has 0 fully saturated rings. The van der Waals surface area contributed by atoms with E-state index in [1.165, 1.54) is 0 Å². The summed E-state index contributed by atoms with van der Waals surface area (Å²) in [6.07, 6.45) is 1.83. The standard InChI is InChI=1S/C14H15N5O/c1-9-16-13(18-17-9)8-19(2)14(20)11-4-3-5-12-10(11)6-7-15-12/h3-7,15H,8H2,1-2H3,(H,16,17,18). The van der Waals surface area contributed by atoms with Crippen molar-refractivity contribution in [1.29, 1.82) is 0 Å². The molecule has 0 bridgehead atoms. The summed E-state index contributed by atoms with van der Waals surface area (Å²) in [5.41, 5.74) is 1.64. The van der Waals surface area contributed by atoms with E-state index in [-0.39, 0.29) is 5.91 Å². The van der Waals surface area contributed by atoms with Crippen molar-refractivity contribution in [1.82, 2.24) is 25.1 Å². The van der Waals surface area contributed by atoms with Gasteiger partial charge in [-0.15, -0.1) is 0 Å². The maximum absolute atomic E-state index is 12.5. The van der Waals surface area contributed by atoms with E-state index in [1.54, 1.807) is 11.9 Å². The van der Waals surface area contributed by atoms with Gasteiger partial charge in [0.05, 0.1) is 6.54 Å². The van der Waals surface area contributed by atoms with Gasteiger partial charge in [-0.05, 0) is 25.1 Å². The molecule has 6 heteroatoms. The molecule has 0 radical (unpaired) electrons. The lowest BCUT2D eigenvalue weighted by atomic mass is 10.1. The first-order valence-electron chi connectivity index (χ1n) is 6.34. The van der Waals surface area contributed by atoms with Crippen molar-refractivity contribution in [2.45, 2.75) is 13.5 Å². The van der Waals surface area contributed by atoms with Gasteiger partial charge in [-0.2, -0.15) is 5.10 Å². The van der Waals surface area contributed by atoms with Crippen molar-refractivity contribution in [2.24, 2.45) is 0 Å². The van der Waals surface area contributed by atoms with E-state index < -0.39 is 0 Å². The van der Waals surface area contributed by atoms with E-state index >= 15 is 0 Å². The van der Waals surface area contributed by atoms with Gasteiger partial charge in [-0.25, -0.2) is 4.98 Å². The molecular formula is C14H15N5O. The monoisotopic (exact) mass is 269 g/mol. The molecular weight excluding hydrogens is 254 g/mol. The number of fused-ring (bicyclic) bond motifs is 1. The Labute approximate surface area is 115 Å². The largest absolute Gasteiger partial charge is 0.361 e. The van der Waals surface area contributed by atoms with Crippen molar-refractivity contribution < 1.29 is 4.79 Å². The molecule has 0 spiro atoms. The zero-order chi connectivity index (χ0) is 14.1. The predicted octanol–water partition coefficient (Wildman–Crippen LogP) is 1.87. The van der Waals surface area contributed by atoms with E-state index in [4.69, 9.17) is 0 Å². The fourth-order valence-electron chi connectivity index (χ4n) is 2.22. The molecule has 6 nitrogen and oxygen atoms in total. The molecule has 102 valence electrons. The van der Waals surface area contributed by atoms with Crippen LogP contribution in [-0.2, 0) is 6.54 Å². The number of aromatic nitrogens is 4. The van der Waals surface area contributed by atoms with Gasteiger partial charge in [0.15, 0.2) is 5.82 Å². The Morgan fingerprint density at radius 1 is 1.35 bits per heavy atom. The molecule has 2 aromatic heterocycles. The molecule has 0 saturated heterocycles. The van der Waals surface area contributed by atoms with Crippen LogP contribution in [0.5, 0.6) is 0 Å². The molecule has 2 N–H and O–H groups in total. The molecule has 0 aliphatic rings. The molecule has 2 heterocycles. The number of aromatic amines is 2. The Morgan fingerprint density at radius 3 is 2.95 bits per heavy atom. The summed E-state index contributed by atoms with van der Waals surface area (Å²) < 4.78 is 0. The Hall–Kier alpha value is -2.63. The number of amides is 1. The van der Waals surface area contributed by atoms with Crippen molar-refractivity contribution >= 4 is 16.8 Å². The van der Waals surface area contributed by atoms with E-state index in [1.807, 2.05) is 37.4 Å². The highest BCUT2D eigenvalue weighted by atomic mass is 16.2. The Morgan fingerprint density at radius 2 is 2.20 bits per heavy atom. The van der Waals surface area contributed by atoms with Crippen LogP contribution in [0.4, 0.5) is 0 Å².